The second-order valence-electron chi connectivity index (χ2n) is 8.94. The monoisotopic (exact) mass is 452 g/mol. The van der Waals surface area contributed by atoms with Gasteiger partial charge in [0.1, 0.15) is 5.82 Å². The molecule has 2 heterocycles. The van der Waals surface area contributed by atoms with Crippen LogP contribution in [-0.2, 0) is 16.0 Å². The van der Waals surface area contributed by atoms with Gasteiger partial charge in [-0.2, -0.15) is 0 Å². The van der Waals surface area contributed by atoms with Crippen LogP contribution in [0.15, 0.2) is 54.6 Å². The number of aryl methyl sites for hydroxylation is 1. The van der Waals surface area contributed by atoms with Gasteiger partial charge in [0.2, 0.25) is 11.8 Å². The first-order valence-electron chi connectivity index (χ1n) is 11.9. The van der Waals surface area contributed by atoms with Gasteiger partial charge >= 0.3 is 0 Å². The van der Waals surface area contributed by atoms with E-state index < -0.39 is 0 Å². The van der Waals surface area contributed by atoms with Crippen LogP contribution in [0.4, 0.5) is 10.1 Å². The van der Waals surface area contributed by atoms with Crippen molar-refractivity contribution in [3.05, 3.63) is 66.0 Å². The summed E-state index contributed by atoms with van der Waals surface area (Å²) in [4.78, 5) is 32.1. The normalized spacial score (nSPS) is 18.3. The van der Waals surface area contributed by atoms with Gasteiger partial charge in [-0.15, -0.1) is 0 Å². The minimum Gasteiger partial charge on any atom is -0.342 e. The number of nitrogens with zero attached hydrogens (tertiary/aromatic N) is 3. The molecule has 4 rings (SSSR count). The lowest BCUT2D eigenvalue weighted by molar-refractivity contribution is -0.132. The average molecular weight is 453 g/mol. The van der Waals surface area contributed by atoms with E-state index in [1.807, 2.05) is 23.1 Å². The summed E-state index contributed by atoms with van der Waals surface area (Å²) in [5.41, 5.74) is 1.80. The summed E-state index contributed by atoms with van der Waals surface area (Å²) in [5, 5.41) is 2.96. The van der Waals surface area contributed by atoms with Gasteiger partial charge in [0.25, 0.3) is 0 Å². The number of hydrogen-bond acceptors (Lipinski definition) is 4. The Morgan fingerprint density at radius 3 is 2.21 bits per heavy atom. The van der Waals surface area contributed by atoms with Crippen LogP contribution in [0.25, 0.3) is 0 Å². The molecule has 1 N–H and O–H groups in total. The molecule has 2 saturated heterocycles. The maximum Gasteiger partial charge on any atom is 0.241 e. The predicted octanol–water partition coefficient (Wildman–Crippen LogP) is 3.01. The number of amides is 2. The summed E-state index contributed by atoms with van der Waals surface area (Å²) in [6.45, 7) is 5.24. The maximum atomic E-state index is 13.3. The fourth-order valence-corrected chi connectivity index (χ4v) is 4.68. The first-order valence-corrected chi connectivity index (χ1v) is 11.9. The molecule has 2 aromatic rings. The summed E-state index contributed by atoms with van der Waals surface area (Å²) in [7, 11) is 0. The highest BCUT2D eigenvalue weighted by Gasteiger charge is 2.30. The highest BCUT2D eigenvalue weighted by Crippen LogP contribution is 2.17. The number of rotatable bonds is 8. The van der Waals surface area contributed by atoms with Crippen molar-refractivity contribution >= 4 is 17.5 Å². The van der Waals surface area contributed by atoms with Crippen LogP contribution in [-0.4, -0.2) is 78.4 Å². The van der Waals surface area contributed by atoms with Crippen molar-refractivity contribution in [2.75, 3.05) is 51.1 Å². The van der Waals surface area contributed by atoms with E-state index in [1.54, 1.807) is 12.1 Å². The SMILES string of the molecule is O=C(Nc1ccc(F)cc1)C(CCc1ccccc1)N1CCN(CC(=O)N2CCCC2)CC1. The van der Waals surface area contributed by atoms with Gasteiger partial charge in [0, 0.05) is 45.0 Å². The molecular formula is C26H33FN4O2. The topological polar surface area (TPSA) is 55.9 Å². The minimum absolute atomic E-state index is 0.0702. The fourth-order valence-electron chi connectivity index (χ4n) is 4.68. The van der Waals surface area contributed by atoms with Gasteiger partial charge in [-0.25, -0.2) is 4.39 Å². The molecule has 176 valence electrons. The van der Waals surface area contributed by atoms with Gasteiger partial charge in [0.05, 0.1) is 12.6 Å². The van der Waals surface area contributed by atoms with Crippen molar-refractivity contribution < 1.29 is 14.0 Å². The predicted molar refractivity (Wildman–Crippen MR) is 127 cm³/mol. The molecule has 2 fully saturated rings. The van der Waals surface area contributed by atoms with E-state index in [9.17, 15) is 14.0 Å². The van der Waals surface area contributed by atoms with Crippen LogP contribution in [0, 0.1) is 5.82 Å². The van der Waals surface area contributed by atoms with Crippen LogP contribution in [0.2, 0.25) is 0 Å². The van der Waals surface area contributed by atoms with Crippen LogP contribution in [0.5, 0.6) is 0 Å². The van der Waals surface area contributed by atoms with Gasteiger partial charge in [-0.1, -0.05) is 30.3 Å². The molecule has 2 aliphatic rings. The van der Waals surface area contributed by atoms with E-state index in [4.69, 9.17) is 0 Å². The highest BCUT2D eigenvalue weighted by atomic mass is 19.1. The minimum atomic E-state index is -0.326. The van der Waals surface area contributed by atoms with Crippen LogP contribution in [0.1, 0.15) is 24.8 Å². The number of likely N-dealkylation sites (tertiary alicyclic amines) is 1. The summed E-state index contributed by atoms with van der Waals surface area (Å²) >= 11 is 0. The smallest absolute Gasteiger partial charge is 0.241 e. The van der Waals surface area contributed by atoms with Crippen LogP contribution in [0.3, 0.4) is 0 Å². The third-order valence-corrected chi connectivity index (χ3v) is 6.63. The average Bonchev–Trinajstić information content (AvgIpc) is 3.38. The molecule has 33 heavy (non-hydrogen) atoms. The van der Waals surface area contributed by atoms with E-state index in [1.165, 1.54) is 17.7 Å². The molecule has 1 atom stereocenters. The van der Waals surface area contributed by atoms with E-state index in [2.05, 4.69) is 27.2 Å². The van der Waals surface area contributed by atoms with Crippen molar-refractivity contribution in [1.82, 2.24) is 14.7 Å². The molecule has 0 radical (unpaired) electrons. The number of halogens is 1. The van der Waals surface area contributed by atoms with Crippen molar-refractivity contribution in [1.29, 1.82) is 0 Å². The Labute approximate surface area is 195 Å². The second kappa shape index (κ2) is 11.4. The zero-order valence-electron chi connectivity index (χ0n) is 19.1. The van der Waals surface area contributed by atoms with Crippen LogP contribution < -0.4 is 5.32 Å². The highest BCUT2D eigenvalue weighted by molar-refractivity contribution is 5.94. The Hall–Kier alpha value is -2.77. The first-order chi connectivity index (χ1) is 16.1. The van der Waals surface area contributed by atoms with Crippen molar-refractivity contribution in [2.24, 2.45) is 0 Å². The Bertz CT molecular complexity index is 908. The number of anilines is 1. The van der Waals surface area contributed by atoms with Crippen molar-refractivity contribution in [2.45, 2.75) is 31.7 Å². The largest absolute Gasteiger partial charge is 0.342 e. The number of benzene rings is 2. The summed E-state index contributed by atoms with van der Waals surface area (Å²) in [6.07, 6.45) is 3.71. The van der Waals surface area contributed by atoms with E-state index in [0.29, 0.717) is 18.7 Å². The first kappa shape index (κ1) is 23.4. The van der Waals surface area contributed by atoms with Gasteiger partial charge in [0.15, 0.2) is 0 Å². The number of carbonyl (C=O) groups is 2. The van der Waals surface area contributed by atoms with Crippen LogP contribution >= 0.6 is 0 Å². The third kappa shape index (κ3) is 6.62. The fraction of sp³-hybridized carbons (Fsp3) is 0.462. The number of nitrogens with one attached hydrogen (secondary N) is 1. The lowest BCUT2D eigenvalue weighted by atomic mass is 10.0. The lowest BCUT2D eigenvalue weighted by Crippen LogP contribution is -2.55. The van der Waals surface area contributed by atoms with Gasteiger partial charge in [-0.05, 0) is 55.5 Å². The lowest BCUT2D eigenvalue weighted by Gasteiger charge is -2.38. The van der Waals surface area contributed by atoms with E-state index >= 15 is 0 Å². The molecule has 0 aliphatic carbocycles. The number of hydrogen-bond donors (Lipinski definition) is 1. The Morgan fingerprint density at radius 1 is 0.879 bits per heavy atom. The Balaban J connectivity index is 1.36. The number of carbonyl (C=O) groups excluding carboxylic acids is 2. The summed E-state index contributed by atoms with van der Waals surface area (Å²) < 4.78 is 13.3. The van der Waals surface area contributed by atoms with Gasteiger partial charge < -0.3 is 10.2 Å². The standard InChI is InChI=1S/C26H33FN4O2/c27-22-9-11-23(12-10-22)28-26(33)24(13-8-21-6-2-1-3-7-21)30-18-16-29(17-19-30)20-25(32)31-14-4-5-15-31/h1-3,6-7,9-12,24H,4-5,8,13-20H2,(H,28,33). The second-order valence-corrected chi connectivity index (χ2v) is 8.94. The van der Waals surface area contributed by atoms with E-state index in [-0.39, 0.29) is 23.7 Å². The molecule has 1 unspecified atom stereocenters. The maximum absolute atomic E-state index is 13.3. The summed E-state index contributed by atoms with van der Waals surface area (Å²) in [5.74, 6) is -0.178. The summed E-state index contributed by atoms with van der Waals surface area (Å²) in [6, 6.07) is 15.8. The van der Waals surface area contributed by atoms with Crippen molar-refractivity contribution in [3.8, 4) is 0 Å². The molecule has 0 spiro atoms. The zero-order chi connectivity index (χ0) is 23.0. The third-order valence-electron chi connectivity index (χ3n) is 6.63. The quantitative estimate of drug-likeness (QED) is 0.669. The zero-order valence-corrected chi connectivity index (χ0v) is 19.1. The molecular weight excluding hydrogens is 419 g/mol. The molecule has 2 aliphatic heterocycles. The van der Waals surface area contributed by atoms with Crippen molar-refractivity contribution in [3.63, 3.8) is 0 Å². The molecule has 2 aromatic carbocycles. The molecule has 7 heteroatoms. The molecule has 6 nitrogen and oxygen atoms in total. The molecule has 2 amide bonds. The Kier molecular flexibility index (Phi) is 8.07. The number of piperazine rings is 1. The molecule has 0 saturated carbocycles. The molecule has 0 aromatic heterocycles. The van der Waals surface area contributed by atoms with E-state index in [0.717, 1.165) is 58.5 Å². The van der Waals surface area contributed by atoms with Gasteiger partial charge in [-0.3, -0.25) is 19.4 Å². The Morgan fingerprint density at radius 2 is 1.55 bits per heavy atom. The molecule has 0 bridgehead atoms.